The van der Waals surface area contributed by atoms with E-state index in [9.17, 15) is 14.9 Å². The molecule has 25 heavy (non-hydrogen) atoms. The fraction of sp³-hybridized carbons (Fsp3) is 0.235. The van der Waals surface area contributed by atoms with E-state index in [0.717, 1.165) is 12.8 Å². The second-order valence-corrected chi connectivity index (χ2v) is 5.49. The van der Waals surface area contributed by atoms with Crippen molar-refractivity contribution in [3.8, 4) is 5.95 Å². The molecule has 0 saturated heterocycles. The molecule has 1 N–H and O–H groups in total. The lowest BCUT2D eigenvalue weighted by Gasteiger charge is -2.09. The highest BCUT2D eigenvalue weighted by Crippen LogP contribution is 2.30. The van der Waals surface area contributed by atoms with Gasteiger partial charge in [0, 0.05) is 25.0 Å². The van der Waals surface area contributed by atoms with Crippen molar-refractivity contribution in [3.63, 3.8) is 0 Å². The predicted molar refractivity (Wildman–Crippen MR) is 92.8 cm³/mol. The number of hydrogen-bond donors (Lipinski definition) is 1. The molecule has 0 saturated carbocycles. The monoisotopic (exact) mass is 339 g/mol. The van der Waals surface area contributed by atoms with Gasteiger partial charge in [-0.3, -0.25) is 19.5 Å². The Labute approximate surface area is 143 Å². The minimum absolute atomic E-state index is 0.0604. The van der Waals surface area contributed by atoms with Crippen LogP contribution in [0.15, 0.2) is 42.7 Å². The number of non-ortho nitro benzene ring substituents is 1. The molecule has 0 fully saturated rings. The predicted octanol–water partition coefficient (Wildman–Crippen LogP) is 2.86. The maximum Gasteiger partial charge on any atom is 0.278 e. The fourth-order valence-electron chi connectivity index (χ4n) is 2.63. The number of nitro benzene ring substituents is 1. The lowest BCUT2D eigenvalue weighted by molar-refractivity contribution is -0.383. The molecule has 0 aliphatic heterocycles. The van der Waals surface area contributed by atoms with Gasteiger partial charge in [0.2, 0.25) is 5.95 Å². The number of amides is 1. The zero-order valence-corrected chi connectivity index (χ0v) is 13.7. The molecule has 128 valence electrons. The first kappa shape index (κ1) is 16.6. The summed E-state index contributed by atoms with van der Waals surface area (Å²) < 4.78 is 1.55. The molecular weight excluding hydrogens is 322 g/mol. The van der Waals surface area contributed by atoms with Crippen molar-refractivity contribution in [2.45, 2.75) is 19.8 Å². The van der Waals surface area contributed by atoms with Crippen molar-refractivity contribution in [2.75, 3.05) is 6.54 Å². The van der Waals surface area contributed by atoms with E-state index in [1.165, 1.54) is 12.1 Å². The molecule has 8 heteroatoms. The summed E-state index contributed by atoms with van der Waals surface area (Å²) in [5, 5.41) is 14.5. The lowest BCUT2D eigenvalue weighted by Crippen LogP contribution is -2.26. The van der Waals surface area contributed by atoms with Gasteiger partial charge in [0.15, 0.2) is 0 Å². The summed E-state index contributed by atoms with van der Waals surface area (Å²) in [5.41, 5.74) is 0.724. The number of unbranched alkanes of at least 4 members (excludes halogenated alkanes) is 1. The number of carbonyl (C=O) groups is 1. The summed E-state index contributed by atoms with van der Waals surface area (Å²) in [6, 6.07) is 7.89. The first-order valence-corrected chi connectivity index (χ1v) is 7.98. The maximum absolute atomic E-state index is 12.6. The Morgan fingerprint density at radius 3 is 2.72 bits per heavy atom. The summed E-state index contributed by atoms with van der Waals surface area (Å²) >= 11 is 0. The Kier molecular flexibility index (Phi) is 4.69. The normalized spacial score (nSPS) is 10.8. The third kappa shape index (κ3) is 3.18. The van der Waals surface area contributed by atoms with Crippen LogP contribution in [0.25, 0.3) is 16.9 Å². The van der Waals surface area contributed by atoms with Crippen LogP contribution in [0.3, 0.4) is 0 Å². The fourth-order valence-corrected chi connectivity index (χ4v) is 2.63. The van der Waals surface area contributed by atoms with Gasteiger partial charge in [-0.25, -0.2) is 9.97 Å². The highest BCUT2D eigenvalue weighted by Gasteiger charge is 2.23. The SMILES string of the molecule is CCCCNC(=O)c1cc2c([N+](=O)[O-])cccc2n1-c1ncccn1. The van der Waals surface area contributed by atoms with Gasteiger partial charge in [0.05, 0.1) is 15.8 Å². The van der Waals surface area contributed by atoms with Gasteiger partial charge in [0.1, 0.15) is 5.69 Å². The van der Waals surface area contributed by atoms with Crippen LogP contribution in [-0.2, 0) is 0 Å². The van der Waals surface area contributed by atoms with Crippen LogP contribution < -0.4 is 5.32 Å². The van der Waals surface area contributed by atoms with Crippen molar-refractivity contribution in [2.24, 2.45) is 0 Å². The third-order valence-electron chi connectivity index (χ3n) is 3.82. The highest BCUT2D eigenvalue weighted by atomic mass is 16.6. The Hall–Kier alpha value is -3.29. The Morgan fingerprint density at radius 2 is 2.04 bits per heavy atom. The van der Waals surface area contributed by atoms with E-state index in [0.29, 0.717) is 23.4 Å². The van der Waals surface area contributed by atoms with Gasteiger partial charge >= 0.3 is 0 Å². The van der Waals surface area contributed by atoms with Crippen molar-refractivity contribution in [1.82, 2.24) is 19.9 Å². The van der Waals surface area contributed by atoms with E-state index >= 15 is 0 Å². The molecule has 0 spiro atoms. The quantitative estimate of drug-likeness (QED) is 0.422. The number of aromatic nitrogens is 3. The topological polar surface area (TPSA) is 103 Å². The Bertz CT molecular complexity index is 921. The van der Waals surface area contributed by atoms with E-state index in [2.05, 4.69) is 15.3 Å². The number of rotatable bonds is 6. The van der Waals surface area contributed by atoms with Crippen LogP contribution in [0.4, 0.5) is 5.69 Å². The number of fused-ring (bicyclic) bond motifs is 1. The molecule has 3 aromatic rings. The van der Waals surface area contributed by atoms with Gasteiger partial charge in [0.25, 0.3) is 11.6 Å². The van der Waals surface area contributed by atoms with E-state index < -0.39 is 4.92 Å². The molecule has 0 aliphatic rings. The maximum atomic E-state index is 12.6. The number of benzene rings is 1. The molecule has 1 amide bonds. The molecule has 0 unspecified atom stereocenters. The van der Waals surface area contributed by atoms with E-state index in [4.69, 9.17) is 0 Å². The van der Waals surface area contributed by atoms with Gasteiger partial charge in [-0.2, -0.15) is 0 Å². The molecule has 2 heterocycles. The number of hydrogen-bond acceptors (Lipinski definition) is 5. The average molecular weight is 339 g/mol. The van der Waals surface area contributed by atoms with E-state index in [-0.39, 0.29) is 17.3 Å². The molecule has 0 bridgehead atoms. The van der Waals surface area contributed by atoms with Gasteiger partial charge in [-0.05, 0) is 24.6 Å². The smallest absolute Gasteiger partial charge is 0.278 e. The lowest BCUT2D eigenvalue weighted by atomic mass is 10.2. The minimum atomic E-state index is -0.461. The summed E-state index contributed by atoms with van der Waals surface area (Å²) in [6.45, 7) is 2.57. The second kappa shape index (κ2) is 7.08. The second-order valence-electron chi connectivity index (χ2n) is 5.49. The summed E-state index contributed by atoms with van der Waals surface area (Å²) in [7, 11) is 0. The first-order valence-electron chi connectivity index (χ1n) is 7.98. The number of nitrogens with zero attached hydrogens (tertiary/aromatic N) is 4. The van der Waals surface area contributed by atoms with Crippen molar-refractivity contribution in [1.29, 1.82) is 0 Å². The summed E-state index contributed by atoms with van der Waals surface area (Å²) in [5.74, 6) is -0.0231. The molecule has 1 aromatic carbocycles. The molecule has 0 aliphatic carbocycles. The van der Waals surface area contributed by atoms with Gasteiger partial charge < -0.3 is 5.32 Å². The van der Waals surface area contributed by atoms with Crippen LogP contribution >= 0.6 is 0 Å². The van der Waals surface area contributed by atoms with E-state index in [1.54, 1.807) is 35.2 Å². The van der Waals surface area contributed by atoms with Crippen molar-refractivity contribution in [3.05, 3.63) is 58.5 Å². The molecular formula is C17H17N5O3. The number of nitro groups is 1. The Morgan fingerprint density at radius 1 is 1.28 bits per heavy atom. The van der Waals surface area contributed by atoms with Crippen LogP contribution in [0.5, 0.6) is 0 Å². The molecule has 0 radical (unpaired) electrons. The van der Waals surface area contributed by atoms with Crippen LogP contribution in [-0.4, -0.2) is 31.9 Å². The number of carbonyl (C=O) groups excluding carboxylic acids is 1. The largest absolute Gasteiger partial charge is 0.351 e. The van der Waals surface area contributed by atoms with E-state index in [1.807, 2.05) is 6.92 Å². The molecule has 3 rings (SSSR count). The molecule has 8 nitrogen and oxygen atoms in total. The van der Waals surface area contributed by atoms with Crippen molar-refractivity contribution >= 4 is 22.5 Å². The Balaban J connectivity index is 2.19. The van der Waals surface area contributed by atoms with Gasteiger partial charge in [-0.15, -0.1) is 0 Å². The third-order valence-corrected chi connectivity index (χ3v) is 3.82. The zero-order valence-electron chi connectivity index (χ0n) is 13.7. The minimum Gasteiger partial charge on any atom is -0.351 e. The van der Waals surface area contributed by atoms with Crippen molar-refractivity contribution < 1.29 is 9.72 Å². The zero-order chi connectivity index (χ0) is 17.8. The first-order chi connectivity index (χ1) is 12.1. The van der Waals surface area contributed by atoms with Crippen LogP contribution in [0.1, 0.15) is 30.3 Å². The molecule has 2 aromatic heterocycles. The summed E-state index contributed by atoms with van der Waals surface area (Å²) in [6.07, 6.45) is 4.93. The number of nitrogens with one attached hydrogen (secondary N) is 1. The van der Waals surface area contributed by atoms with Crippen LogP contribution in [0.2, 0.25) is 0 Å². The molecule has 0 atom stereocenters. The highest BCUT2D eigenvalue weighted by molar-refractivity contribution is 6.02. The summed E-state index contributed by atoms with van der Waals surface area (Å²) in [4.78, 5) is 31.8. The van der Waals surface area contributed by atoms with Crippen LogP contribution in [0, 0.1) is 10.1 Å². The average Bonchev–Trinajstić information content (AvgIpc) is 3.02. The van der Waals surface area contributed by atoms with Gasteiger partial charge in [-0.1, -0.05) is 19.4 Å². The standard InChI is InChI=1S/C17H17N5O3/c1-2-3-8-18-16(23)15-11-12-13(6-4-7-14(12)22(24)25)21(15)17-19-9-5-10-20-17/h4-7,9-11H,2-3,8H2,1H3,(H,18,23).